The topological polar surface area (TPSA) is 15.3 Å². The van der Waals surface area contributed by atoms with Gasteiger partial charge in [-0.05, 0) is 50.9 Å². The van der Waals surface area contributed by atoms with Gasteiger partial charge < -0.3 is 10.2 Å². The van der Waals surface area contributed by atoms with Crippen molar-refractivity contribution in [1.82, 2.24) is 10.2 Å². The van der Waals surface area contributed by atoms with Crippen LogP contribution in [0.3, 0.4) is 0 Å². The fraction of sp³-hybridized carbons (Fsp3) is 0.684. The summed E-state index contributed by atoms with van der Waals surface area (Å²) in [7, 11) is 2.31. The highest BCUT2D eigenvalue weighted by Gasteiger charge is 2.17. The van der Waals surface area contributed by atoms with Crippen LogP contribution in [0.2, 0.25) is 0 Å². The second kappa shape index (κ2) is 9.22. The summed E-state index contributed by atoms with van der Waals surface area (Å²) in [6.07, 6.45) is 8.39. The van der Waals surface area contributed by atoms with Gasteiger partial charge >= 0.3 is 0 Å². The maximum atomic E-state index is 3.62. The molecular formula is C19H32N2. The maximum absolute atomic E-state index is 3.62. The van der Waals surface area contributed by atoms with Gasteiger partial charge in [-0.3, -0.25) is 0 Å². The fourth-order valence-corrected chi connectivity index (χ4v) is 3.38. The van der Waals surface area contributed by atoms with Crippen molar-refractivity contribution in [3.05, 3.63) is 35.9 Å². The van der Waals surface area contributed by atoms with E-state index < -0.39 is 0 Å². The zero-order chi connectivity index (χ0) is 14.9. The molecule has 0 bridgehead atoms. The summed E-state index contributed by atoms with van der Waals surface area (Å²) < 4.78 is 0. The molecule has 1 aromatic rings. The molecule has 21 heavy (non-hydrogen) atoms. The molecule has 0 aromatic heterocycles. The third-order valence-electron chi connectivity index (χ3n) is 4.88. The van der Waals surface area contributed by atoms with Gasteiger partial charge in [0.2, 0.25) is 0 Å². The van der Waals surface area contributed by atoms with E-state index in [1.165, 1.54) is 50.6 Å². The molecule has 2 heteroatoms. The van der Waals surface area contributed by atoms with Crippen LogP contribution in [-0.2, 0) is 0 Å². The Morgan fingerprint density at radius 2 is 1.86 bits per heavy atom. The number of hydrogen-bond acceptors (Lipinski definition) is 2. The van der Waals surface area contributed by atoms with Gasteiger partial charge in [-0.2, -0.15) is 0 Å². The van der Waals surface area contributed by atoms with E-state index in [4.69, 9.17) is 0 Å². The van der Waals surface area contributed by atoms with Gasteiger partial charge in [0.25, 0.3) is 0 Å². The van der Waals surface area contributed by atoms with Crippen molar-refractivity contribution in [2.45, 2.75) is 57.4 Å². The third-order valence-corrected chi connectivity index (χ3v) is 4.88. The molecule has 1 aliphatic rings. The van der Waals surface area contributed by atoms with Crippen molar-refractivity contribution < 1.29 is 0 Å². The second-order valence-electron chi connectivity index (χ2n) is 6.64. The normalized spacial score (nSPS) is 18.0. The number of hydrogen-bond donors (Lipinski definition) is 1. The van der Waals surface area contributed by atoms with Gasteiger partial charge in [-0.1, -0.05) is 56.5 Å². The van der Waals surface area contributed by atoms with Crippen molar-refractivity contribution in [2.24, 2.45) is 0 Å². The summed E-state index contributed by atoms with van der Waals surface area (Å²) in [4.78, 5) is 2.58. The molecule has 118 valence electrons. The molecule has 2 nitrogen and oxygen atoms in total. The molecule has 1 N–H and O–H groups in total. The van der Waals surface area contributed by atoms with Crippen LogP contribution in [0.5, 0.6) is 0 Å². The monoisotopic (exact) mass is 288 g/mol. The molecule has 0 heterocycles. The molecule has 0 amide bonds. The van der Waals surface area contributed by atoms with E-state index in [2.05, 4.69) is 54.5 Å². The Morgan fingerprint density at radius 3 is 2.57 bits per heavy atom. The average Bonchev–Trinajstić information content (AvgIpc) is 2.55. The van der Waals surface area contributed by atoms with E-state index in [0.29, 0.717) is 5.92 Å². The van der Waals surface area contributed by atoms with Crippen LogP contribution in [-0.4, -0.2) is 37.6 Å². The third kappa shape index (κ3) is 5.80. The Balaban J connectivity index is 1.55. The largest absolute Gasteiger partial charge is 0.316 e. The predicted molar refractivity (Wildman–Crippen MR) is 91.8 cm³/mol. The van der Waals surface area contributed by atoms with Crippen molar-refractivity contribution in [3.63, 3.8) is 0 Å². The maximum Gasteiger partial charge on any atom is 0.00922 e. The molecule has 0 saturated heterocycles. The highest BCUT2D eigenvalue weighted by atomic mass is 15.1. The minimum absolute atomic E-state index is 0.599. The van der Waals surface area contributed by atoms with Crippen molar-refractivity contribution in [2.75, 3.05) is 26.7 Å². The fourth-order valence-electron chi connectivity index (χ4n) is 3.38. The summed E-state index contributed by atoms with van der Waals surface area (Å²) >= 11 is 0. The highest BCUT2D eigenvalue weighted by molar-refractivity contribution is 5.18. The van der Waals surface area contributed by atoms with Crippen molar-refractivity contribution >= 4 is 0 Å². The smallest absolute Gasteiger partial charge is 0.00922 e. The van der Waals surface area contributed by atoms with Crippen LogP contribution >= 0.6 is 0 Å². The minimum atomic E-state index is 0.599. The first kappa shape index (κ1) is 16.5. The molecule has 1 aliphatic carbocycles. The molecule has 0 aliphatic heterocycles. The zero-order valence-electron chi connectivity index (χ0n) is 13.9. The van der Waals surface area contributed by atoms with Crippen LogP contribution < -0.4 is 5.32 Å². The van der Waals surface area contributed by atoms with Gasteiger partial charge in [0.15, 0.2) is 0 Å². The number of nitrogens with zero attached hydrogens (tertiary/aromatic N) is 1. The molecule has 2 rings (SSSR count). The first-order chi connectivity index (χ1) is 10.3. The van der Waals surface area contributed by atoms with E-state index in [0.717, 1.165) is 19.1 Å². The standard InChI is InChI=1S/C19H32N2/c1-17(18-10-5-3-6-11-18)16-20-14-9-15-21(2)19-12-7-4-8-13-19/h3,5-6,10-11,17,19-20H,4,7-9,12-16H2,1-2H3. The molecule has 1 unspecified atom stereocenters. The van der Waals surface area contributed by atoms with Gasteiger partial charge in [0.05, 0.1) is 0 Å². The number of benzene rings is 1. The molecule has 1 fully saturated rings. The summed E-state index contributed by atoms with van der Waals surface area (Å²) in [5.74, 6) is 0.599. The number of nitrogens with one attached hydrogen (secondary N) is 1. The Labute approximate surface area is 130 Å². The van der Waals surface area contributed by atoms with E-state index >= 15 is 0 Å². The Kier molecular flexibility index (Phi) is 7.25. The van der Waals surface area contributed by atoms with Crippen LogP contribution in [0, 0.1) is 0 Å². The first-order valence-electron chi connectivity index (χ1n) is 8.73. The van der Waals surface area contributed by atoms with Crippen molar-refractivity contribution in [1.29, 1.82) is 0 Å². The van der Waals surface area contributed by atoms with Crippen LogP contribution in [0.15, 0.2) is 30.3 Å². The van der Waals surface area contributed by atoms with Gasteiger partial charge in [0.1, 0.15) is 0 Å². The molecule has 0 spiro atoms. The summed E-state index contributed by atoms with van der Waals surface area (Å²) in [6.45, 7) is 5.75. The molecule has 1 atom stereocenters. The summed E-state index contributed by atoms with van der Waals surface area (Å²) in [5, 5.41) is 3.62. The summed E-state index contributed by atoms with van der Waals surface area (Å²) in [5.41, 5.74) is 1.43. The SMILES string of the molecule is CC(CNCCCN(C)C1CCCCC1)c1ccccc1. The molecule has 1 aromatic carbocycles. The lowest BCUT2D eigenvalue weighted by Gasteiger charge is -2.31. The second-order valence-corrected chi connectivity index (χ2v) is 6.64. The Morgan fingerprint density at radius 1 is 1.14 bits per heavy atom. The Hall–Kier alpha value is -0.860. The van der Waals surface area contributed by atoms with Gasteiger partial charge in [-0.15, -0.1) is 0 Å². The van der Waals surface area contributed by atoms with Gasteiger partial charge in [0, 0.05) is 12.6 Å². The summed E-state index contributed by atoms with van der Waals surface area (Å²) in [6, 6.07) is 11.6. The van der Waals surface area contributed by atoms with E-state index in [-0.39, 0.29) is 0 Å². The average molecular weight is 288 g/mol. The molecule has 1 saturated carbocycles. The quantitative estimate of drug-likeness (QED) is 0.726. The molecular weight excluding hydrogens is 256 g/mol. The highest BCUT2D eigenvalue weighted by Crippen LogP contribution is 2.21. The van der Waals surface area contributed by atoms with E-state index in [9.17, 15) is 0 Å². The van der Waals surface area contributed by atoms with Gasteiger partial charge in [-0.25, -0.2) is 0 Å². The lowest BCUT2D eigenvalue weighted by Crippen LogP contribution is -2.35. The minimum Gasteiger partial charge on any atom is -0.316 e. The Bertz CT molecular complexity index is 370. The molecule has 0 radical (unpaired) electrons. The van der Waals surface area contributed by atoms with Crippen LogP contribution in [0.1, 0.15) is 56.9 Å². The lowest BCUT2D eigenvalue weighted by molar-refractivity contribution is 0.189. The van der Waals surface area contributed by atoms with E-state index in [1.54, 1.807) is 0 Å². The number of rotatable bonds is 8. The zero-order valence-corrected chi connectivity index (χ0v) is 13.9. The van der Waals surface area contributed by atoms with Crippen LogP contribution in [0.25, 0.3) is 0 Å². The first-order valence-corrected chi connectivity index (χ1v) is 8.73. The van der Waals surface area contributed by atoms with E-state index in [1.807, 2.05) is 0 Å². The van der Waals surface area contributed by atoms with Crippen molar-refractivity contribution in [3.8, 4) is 0 Å². The lowest BCUT2D eigenvalue weighted by atomic mass is 9.94. The predicted octanol–water partition coefficient (Wildman–Crippen LogP) is 4.03. The van der Waals surface area contributed by atoms with Crippen LogP contribution in [0.4, 0.5) is 0 Å².